The van der Waals surface area contributed by atoms with Crippen molar-refractivity contribution in [1.82, 2.24) is 10.2 Å². The zero-order valence-electron chi connectivity index (χ0n) is 11.3. The maximum Gasteiger partial charge on any atom is 0.0124 e. The Kier molecular flexibility index (Phi) is 3.72. The summed E-state index contributed by atoms with van der Waals surface area (Å²) in [6, 6.07) is 0.949. The van der Waals surface area contributed by atoms with Gasteiger partial charge < -0.3 is 5.32 Å². The van der Waals surface area contributed by atoms with Crippen LogP contribution in [0.3, 0.4) is 0 Å². The van der Waals surface area contributed by atoms with Crippen molar-refractivity contribution >= 4 is 0 Å². The highest BCUT2D eigenvalue weighted by molar-refractivity contribution is 4.90. The van der Waals surface area contributed by atoms with E-state index in [1.807, 2.05) is 0 Å². The Morgan fingerprint density at radius 1 is 1.06 bits per heavy atom. The quantitative estimate of drug-likeness (QED) is 0.792. The standard InChI is InChI=1S/C15H28N2/c1-12-9-16-10-14(12)11-17-8-4-6-13-5-2-3-7-15(13)17/h12-16H,2-11H2,1H3/t12-,13?,14+,15?/m1/s1. The summed E-state index contributed by atoms with van der Waals surface area (Å²) in [5.41, 5.74) is 0. The molecule has 0 radical (unpaired) electrons. The molecule has 2 saturated heterocycles. The molecule has 0 spiro atoms. The van der Waals surface area contributed by atoms with Gasteiger partial charge in [0, 0.05) is 12.6 Å². The van der Waals surface area contributed by atoms with Gasteiger partial charge in [0.25, 0.3) is 0 Å². The maximum atomic E-state index is 3.56. The molecule has 4 atom stereocenters. The summed E-state index contributed by atoms with van der Waals surface area (Å²) < 4.78 is 0. The SMILES string of the molecule is C[C@@H]1CNC[C@H]1CN1CCCC2CCCCC21. The molecule has 3 aliphatic rings. The fourth-order valence-electron chi connectivity index (χ4n) is 4.36. The van der Waals surface area contributed by atoms with Gasteiger partial charge in [-0.3, -0.25) is 4.90 Å². The van der Waals surface area contributed by atoms with Gasteiger partial charge in [-0.1, -0.05) is 19.8 Å². The number of hydrogen-bond donors (Lipinski definition) is 1. The number of rotatable bonds is 2. The lowest BCUT2D eigenvalue weighted by atomic mass is 9.78. The van der Waals surface area contributed by atoms with Crippen LogP contribution in [0.15, 0.2) is 0 Å². The van der Waals surface area contributed by atoms with Crippen molar-refractivity contribution in [2.24, 2.45) is 17.8 Å². The average molecular weight is 236 g/mol. The van der Waals surface area contributed by atoms with Gasteiger partial charge in [0.05, 0.1) is 0 Å². The van der Waals surface area contributed by atoms with E-state index in [0.29, 0.717) is 0 Å². The second-order valence-corrected chi connectivity index (χ2v) is 6.64. The molecule has 2 unspecified atom stereocenters. The van der Waals surface area contributed by atoms with Crippen molar-refractivity contribution in [1.29, 1.82) is 0 Å². The number of hydrogen-bond acceptors (Lipinski definition) is 2. The highest BCUT2D eigenvalue weighted by Gasteiger charge is 2.35. The van der Waals surface area contributed by atoms with E-state index in [0.717, 1.165) is 23.8 Å². The molecule has 2 nitrogen and oxygen atoms in total. The first-order valence-corrected chi connectivity index (χ1v) is 7.79. The molecule has 2 heterocycles. The predicted octanol–water partition coefficient (Wildman–Crippen LogP) is 2.50. The van der Waals surface area contributed by atoms with E-state index in [1.165, 1.54) is 64.7 Å². The van der Waals surface area contributed by atoms with Crippen LogP contribution in [0.4, 0.5) is 0 Å². The second-order valence-electron chi connectivity index (χ2n) is 6.64. The lowest BCUT2D eigenvalue weighted by Crippen LogP contribution is -2.49. The summed E-state index contributed by atoms with van der Waals surface area (Å²) in [5.74, 6) is 2.84. The topological polar surface area (TPSA) is 15.3 Å². The Morgan fingerprint density at radius 2 is 1.88 bits per heavy atom. The molecule has 1 saturated carbocycles. The first-order chi connectivity index (χ1) is 8.34. The van der Waals surface area contributed by atoms with Gasteiger partial charge in [0.15, 0.2) is 0 Å². The van der Waals surface area contributed by atoms with Gasteiger partial charge >= 0.3 is 0 Å². The molecular formula is C15H28N2. The number of nitrogens with one attached hydrogen (secondary N) is 1. The van der Waals surface area contributed by atoms with Crippen LogP contribution in [0.1, 0.15) is 45.4 Å². The monoisotopic (exact) mass is 236 g/mol. The second kappa shape index (κ2) is 5.27. The number of fused-ring (bicyclic) bond motifs is 1. The minimum absolute atomic E-state index is 0.888. The lowest BCUT2D eigenvalue weighted by Gasteiger charge is -2.45. The summed E-state index contributed by atoms with van der Waals surface area (Å²) >= 11 is 0. The van der Waals surface area contributed by atoms with E-state index in [1.54, 1.807) is 0 Å². The number of likely N-dealkylation sites (tertiary alicyclic amines) is 1. The van der Waals surface area contributed by atoms with Crippen molar-refractivity contribution in [2.75, 3.05) is 26.2 Å². The van der Waals surface area contributed by atoms with Crippen molar-refractivity contribution in [3.05, 3.63) is 0 Å². The molecule has 3 rings (SSSR count). The van der Waals surface area contributed by atoms with Crippen LogP contribution < -0.4 is 5.32 Å². The Balaban J connectivity index is 1.61. The summed E-state index contributed by atoms with van der Waals surface area (Å²) in [7, 11) is 0. The molecule has 0 aromatic carbocycles. The lowest BCUT2D eigenvalue weighted by molar-refractivity contribution is 0.0459. The third-order valence-corrected chi connectivity index (χ3v) is 5.50. The molecule has 3 fully saturated rings. The van der Waals surface area contributed by atoms with Gasteiger partial charge in [-0.2, -0.15) is 0 Å². The molecule has 1 N–H and O–H groups in total. The first kappa shape index (κ1) is 12.0. The van der Waals surface area contributed by atoms with Crippen molar-refractivity contribution < 1.29 is 0 Å². The molecule has 0 bridgehead atoms. The maximum absolute atomic E-state index is 3.56. The molecule has 2 heteroatoms. The van der Waals surface area contributed by atoms with E-state index in [-0.39, 0.29) is 0 Å². The molecule has 0 aromatic heterocycles. The zero-order valence-corrected chi connectivity index (χ0v) is 11.3. The first-order valence-electron chi connectivity index (χ1n) is 7.79. The van der Waals surface area contributed by atoms with Gasteiger partial charge in [-0.15, -0.1) is 0 Å². The van der Waals surface area contributed by atoms with Crippen LogP contribution in [-0.2, 0) is 0 Å². The van der Waals surface area contributed by atoms with Gasteiger partial charge in [0.1, 0.15) is 0 Å². The molecule has 98 valence electrons. The molecule has 1 aliphatic carbocycles. The minimum atomic E-state index is 0.888. The Morgan fingerprint density at radius 3 is 2.71 bits per heavy atom. The number of nitrogens with zero attached hydrogens (tertiary/aromatic N) is 1. The highest BCUT2D eigenvalue weighted by atomic mass is 15.2. The molecule has 17 heavy (non-hydrogen) atoms. The zero-order chi connectivity index (χ0) is 11.7. The molecule has 0 amide bonds. The van der Waals surface area contributed by atoms with E-state index < -0.39 is 0 Å². The molecular weight excluding hydrogens is 208 g/mol. The minimum Gasteiger partial charge on any atom is -0.316 e. The fourth-order valence-corrected chi connectivity index (χ4v) is 4.36. The van der Waals surface area contributed by atoms with E-state index >= 15 is 0 Å². The Bertz CT molecular complexity index is 251. The summed E-state index contributed by atoms with van der Waals surface area (Å²) in [6.07, 6.45) is 8.95. The molecule has 2 aliphatic heterocycles. The Labute approximate surface area is 106 Å². The third kappa shape index (κ3) is 2.53. The fraction of sp³-hybridized carbons (Fsp3) is 1.00. The van der Waals surface area contributed by atoms with Gasteiger partial charge in [-0.25, -0.2) is 0 Å². The van der Waals surface area contributed by atoms with E-state index in [9.17, 15) is 0 Å². The largest absolute Gasteiger partial charge is 0.316 e. The molecule has 0 aromatic rings. The highest BCUT2D eigenvalue weighted by Crippen LogP contribution is 2.36. The van der Waals surface area contributed by atoms with Crippen LogP contribution in [0.2, 0.25) is 0 Å². The van der Waals surface area contributed by atoms with Gasteiger partial charge in [-0.05, 0) is 63.1 Å². The smallest absolute Gasteiger partial charge is 0.0124 e. The third-order valence-electron chi connectivity index (χ3n) is 5.50. The van der Waals surface area contributed by atoms with Crippen LogP contribution in [0.25, 0.3) is 0 Å². The van der Waals surface area contributed by atoms with Crippen LogP contribution in [0, 0.1) is 17.8 Å². The predicted molar refractivity (Wildman–Crippen MR) is 72.1 cm³/mol. The van der Waals surface area contributed by atoms with Crippen molar-refractivity contribution in [3.63, 3.8) is 0 Å². The summed E-state index contributed by atoms with van der Waals surface area (Å²) in [4.78, 5) is 2.86. The Hall–Kier alpha value is -0.0800. The van der Waals surface area contributed by atoms with E-state index in [2.05, 4.69) is 17.1 Å². The number of piperidine rings is 1. The van der Waals surface area contributed by atoms with E-state index in [4.69, 9.17) is 0 Å². The van der Waals surface area contributed by atoms with Crippen molar-refractivity contribution in [3.8, 4) is 0 Å². The van der Waals surface area contributed by atoms with Crippen LogP contribution >= 0.6 is 0 Å². The normalized spacial score (nSPS) is 43.6. The van der Waals surface area contributed by atoms with Gasteiger partial charge in [0.2, 0.25) is 0 Å². The summed E-state index contributed by atoms with van der Waals surface area (Å²) in [5, 5.41) is 3.56. The van der Waals surface area contributed by atoms with Crippen LogP contribution in [-0.4, -0.2) is 37.1 Å². The summed E-state index contributed by atoms with van der Waals surface area (Å²) in [6.45, 7) is 7.67. The van der Waals surface area contributed by atoms with Crippen LogP contribution in [0.5, 0.6) is 0 Å². The average Bonchev–Trinajstić information content (AvgIpc) is 2.76. The van der Waals surface area contributed by atoms with Crippen molar-refractivity contribution in [2.45, 2.75) is 51.5 Å².